The molecular formula is C12H10N2O. The van der Waals surface area contributed by atoms with E-state index in [0.29, 0.717) is 11.1 Å². The van der Waals surface area contributed by atoms with Crippen molar-refractivity contribution in [2.45, 2.75) is 0 Å². The molecular weight excluding hydrogens is 188 g/mol. The maximum absolute atomic E-state index is 11.9. The second kappa shape index (κ2) is 3.92. The first-order chi connectivity index (χ1) is 7.29. The van der Waals surface area contributed by atoms with Gasteiger partial charge >= 0.3 is 0 Å². The molecule has 3 nitrogen and oxygen atoms in total. The molecule has 0 amide bonds. The number of aromatic nitrogens is 1. The Kier molecular flexibility index (Phi) is 2.46. The summed E-state index contributed by atoms with van der Waals surface area (Å²) >= 11 is 0. The first-order valence-electron chi connectivity index (χ1n) is 4.59. The number of nitrogens with two attached hydrogens (primary N) is 1. The van der Waals surface area contributed by atoms with Crippen LogP contribution in [-0.4, -0.2) is 10.8 Å². The van der Waals surface area contributed by atoms with Crippen LogP contribution in [0.5, 0.6) is 0 Å². The van der Waals surface area contributed by atoms with Gasteiger partial charge in [0.05, 0.1) is 5.56 Å². The Labute approximate surface area is 87.6 Å². The number of rotatable bonds is 2. The molecule has 1 aromatic carbocycles. The van der Waals surface area contributed by atoms with Crippen LogP contribution in [0.3, 0.4) is 0 Å². The molecule has 15 heavy (non-hydrogen) atoms. The third kappa shape index (κ3) is 1.86. The molecule has 2 N–H and O–H groups in total. The highest BCUT2D eigenvalue weighted by Crippen LogP contribution is 2.13. The molecule has 0 saturated carbocycles. The number of nitrogen functional groups attached to an aromatic ring is 1. The van der Waals surface area contributed by atoms with Gasteiger partial charge in [-0.15, -0.1) is 0 Å². The van der Waals surface area contributed by atoms with E-state index in [0.717, 1.165) is 0 Å². The standard InChI is InChI=1S/C12H10N2O/c13-12-10(7-4-8-14-12)11(15)9-5-2-1-3-6-9/h1-8H,(H2,13,14). The first kappa shape index (κ1) is 9.40. The van der Waals surface area contributed by atoms with Crippen molar-refractivity contribution in [3.05, 3.63) is 59.8 Å². The molecule has 0 aliphatic carbocycles. The summed E-state index contributed by atoms with van der Waals surface area (Å²) in [5, 5.41) is 0. The normalized spacial score (nSPS) is 9.87. The lowest BCUT2D eigenvalue weighted by atomic mass is 10.0. The van der Waals surface area contributed by atoms with Gasteiger partial charge in [0.2, 0.25) is 0 Å². The van der Waals surface area contributed by atoms with E-state index in [9.17, 15) is 4.79 Å². The number of nitrogens with zero attached hydrogens (tertiary/aromatic N) is 1. The van der Waals surface area contributed by atoms with Crippen LogP contribution in [-0.2, 0) is 0 Å². The molecule has 0 unspecified atom stereocenters. The maximum Gasteiger partial charge on any atom is 0.196 e. The summed E-state index contributed by atoms with van der Waals surface area (Å²) < 4.78 is 0. The number of carbonyl (C=O) groups excluding carboxylic acids is 1. The third-order valence-corrected chi connectivity index (χ3v) is 2.12. The van der Waals surface area contributed by atoms with Gasteiger partial charge in [-0.3, -0.25) is 4.79 Å². The monoisotopic (exact) mass is 198 g/mol. The summed E-state index contributed by atoms with van der Waals surface area (Å²) in [6.45, 7) is 0. The molecule has 2 rings (SSSR count). The Morgan fingerprint density at radius 2 is 1.80 bits per heavy atom. The minimum Gasteiger partial charge on any atom is -0.383 e. The van der Waals surface area contributed by atoms with Gasteiger partial charge in [0.15, 0.2) is 5.78 Å². The van der Waals surface area contributed by atoms with Crippen LogP contribution in [0.25, 0.3) is 0 Å². The van der Waals surface area contributed by atoms with Crippen molar-refractivity contribution in [1.82, 2.24) is 4.98 Å². The van der Waals surface area contributed by atoms with E-state index in [2.05, 4.69) is 4.98 Å². The Balaban J connectivity index is 2.42. The van der Waals surface area contributed by atoms with Crippen LogP contribution in [0.2, 0.25) is 0 Å². The molecule has 74 valence electrons. The van der Waals surface area contributed by atoms with E-state index in [1.54, 1.807) is 30.5 Å². The van der Waals surface area contributed by atoms with Crippen molar-refractivity contribution in [3.8, 4) is 0 Å². The lowest BCUT2D eigenvalue weighted by Gasteiger charge is -2.02. The molecule has 0 spiro atoms. The smallest absolute Gasteiger partial charge is 0.196 e. The van der Waals surface area contributed by atoms with E-state index in [1.165, 1.54) is 0 Å². The van der Waals surface area contributed by atoms with Crippen molar-refractivity contribution in [1.29, 1.82) is 0 Å². The van der Waals surface area contributed by atoms with E-state index in [1.807, 2.05) is 18.2 Å². The number of benzene rings is 1. The van der Waals surface area contributed by atoms with Crippen molar-refractivity contribution < 1.29 is 4.79 Å². The molecule has 0 saturated heterocycles. The maximum atomic E-state index is 11.9. The van der Waals surface area contributed by atoms with Gasteiger partial charge in [0.1, 0.15) is 5.82 Å². The highest BCUT2D eigenvalue weighted by Gasteiger charge is 2.11. The van der Waals surface area contributed by atoms with Gasteiger partial charge in [0, 0.05) is 11.8 Å². The van der Waals surface area contributed by atoms with Crippen molar-refractivity contribution in [2.24, 2.45) is 0 Å². The van der Waals surface area contributed by atoms with E-state index < -0.39 is 0 Å². The predicted octanol–water partition coefficient (Wildman–Crippen LogP) is 1.89. The van der Waals surface area contributed by atoms with E-state index in [4.69, 9.17) is 5.73 Å². The number of hydrogen-bond donors (Lipinski definition) is 1. The number of pyridine rings is 1. The fourth-order valence-corrected chi connectivity index (χ4v) is 1.35. The zero-order valence-corrected chi connectivity index (χ0v) is 8.05. The SMILES string of the molecule is Nc1ncccc1C(=O)c1ccccc1. The number of ketones is 1. The van der Waals surface area contributed by atoms with Crippen molar-refractivity contribution >= 4 is 11.6 Å². The minimum atomic E-state index is -0.0961. The summed E-state index contributed by atoms with van der Waals surface area (Å²) in [6.07, 6.45) is 1.57. The highest BCUT2D eigenvalue weighted by atomic mass is 16.1. The van der Waals surface area contributed by atoms with Crippen LogP contribution >= 0.6 is 0 Å². The van der Waals surface area contributed by atoms with Crippen LogP contribution in [0.4, 0.5) is 5.82 Å². The first-order valence-corrected chi connectivity index (χ1v) is 4.59. The minimum absolute atomic E-state index is 0.0961. The topological polar surface area (TPSA) is 56.0 Å². The lowest BCUT2D eigenvalue weighted by molar-refractivity contribution is 0.103. The van der Waals surface area contributed by atoms with Crippen LogP contribution < -0.4 is 5.73 Å². The lowest BCUT2D eigenvalue weighted by Crippen LogP contribution is -2.06. The Morgan fingerprint density at radius 3 is 2.47 bits per heavy atom. The second-order valence-electron chi connectivity index (χ2n) is 3.13. The largest absolute Gasteiger partial charge is 0.383 e. The third-order valence-electron chi connectivity index (χ3n) is 2.12. The molecule has 0 fully saturated rings. The summed E-state index contributed by atoms with van der Waals surface area (Å²) in [6, 6.07) is 12.4. The van der Waals surface area contributed by atoms with Crippen molar-refractivity contribution in [3.63, 3.8) is 0 Å². The van der Waals surface area contributed by atoms with Crippen LogP contribution in [0.1, 0.15) is 15.9 Å². The van der Waals surface area contributed by atoms with Crippen molar-refractivity contribution in [2.75, 3.05) is 5.73 Å². The Bertz CT molecular complexity index is 480. The zero-order valence-electron chi connectivity index (χ0n) is 8.05. The molecule has 3 heteroatoms. The fourth-order valence-electron chi connectivity index (χ4n) is 1.35. The predicted molar refractivity (Wildman–Crippen MR) is 58.5 cm³/mol. The van der Waals surface area contributed by atoms with Gasteiger partial charge in [-0.2, -0.15) is 0 Å². The summed E-state index contributed by atoms with van der Waals surface area (Å²) in [4.78, 5) is 15.8. The zero-order chi connectivity index (χ0) is 10.7. The summed E-state index contributed by atoms with van der Waals surface area (Å²) in [5.41, 5.74) is 6.70. The second-order valence-corrected chi connectivity index (χ2v) is 3.13. The van der Waals surface area contributed by atoms with E-state index >= 15 is 0 Å². The Hall–Kier alpha value is -2.16. The molecule has 0 radical (unpaired) electrons. The number of carbonyl (C=O) groups is 1. The van der Waals surface area contributed by atoms with Crippen LogP contribution in [0.15, 0.2) is 48.7 Å². The van der Waals surface area contributed by atoms with Gasteiger partial charge in [0.25, 0.3) is 0 Å². The average molecular weight is 198 g/mol. The molecule has 0 aliphatic heterocycles. The van der Waals surface area contributed by atoms with Gasteiger partial charge < -0.3 is 5.73 Å². The number of hydrogen-bond acceptors (Lipinski definition) is 3. The quantitative estimate of drug-likeness (QED) is 0.750. The van der Waals surface area contributed by atoms with Crippen LogP contribution in [0, 0.1) is 0 Å². The molecule has 1 heterocycles. The fraction of sp³-hybridized carbons (Fsp3) is 0. The highest BCUT2D eigenvalue weighted by molar-refractivity contribution is 6.11. The molecule has 0 aliphatic rings. The molecule has 0 bridgehead atoms. The molecule has 0 atom stereocenters. The van der Waals surface area contributed by atoms with Gasteiger partial charge in [-0.25, -0.2) is 4.98 Å². The Morgan fingerprint density at radius 1 is 1.07 bits per heavy atom. The average Bonchev–Trinajstić information content (AvgIpc) is 2.30. The van der Waals surface area contributed by atoms with Gasteiger partial charge in [-0.05, 0) is 12.1 Å². The van der Waals surface area contributed by atoms with Gasteiger partial charge in [-0.1, -0.05) is 30.3 Å². The number of anilines is 1. The van der Waals surface area contributed by atoms with E-state index in [-0.39, 0.29) is 11.6 Å². The summed E-state index contributed by atoms with van der Waals surface area (Å²) in [5.74, 6) is 0.174. The molecule has 2 aromatic rings. The summed E-state index contributed by atoms with van der Waals surface area (Å²) in [7, 11) is 0. The molecule has 1 aromatic heterocycles.